The van der Waals surface area contributed by atoms with Crippen LogP contribution in [0.5, 0.6) is 0 Å². The Morgan fingerprint density at radius 1 is 0.297 bits per heavy atom. The molecule has 14 aromatic rings. The van der Waals surface area contributed by atoms with Crippen LogP contribution in [0, 0.1) is 0 Å². The molecule has 15 rings (SSSR count). The summed E-state index contributed by atoms with van der Waals surface area (Å²) >= 11 is 0. The van der Waals surface area contributed by atoms with Crippen molar-refractivity contribution in [3.63, 3.8) is 0 Å². The summed E-state index contributed by atoms with van der Waals surface area (Å²) < 4.78 is 12.6. The van der Waals surface area contributed by atoms with Gasteiger partial charge in [0.15, 0.2) is 0 Å². The molecular weight excluding hydrogens is 901 g/mol. The van der Waals surface area contributed by atoms with E-state index in [9.17, 15) is 0 Å². The maximum absolute atomic E-state index is 6.35. The van der Waals surface area contributed by atoms with E-state index >= 15 is 0 Å². The summed E-state index contributed by atoms with van der Waals surface area (Å²) in [6.45, 7) is 0. The second-order valence-electron chi connectivity index (χ2n) is 19.5. The third-order valence-corrected chi connectivity index (χ3v) is 15.3. The standard InChI is InChI=1S/C70H46N2O2/c1-3-15-55-49(13-1)41-65(59-19-7-5-17-57(55)59)71(53-37-39-69-63(43-53)61-21-9-11-23-67(61)73-69)51-33-29-47(30-34-51)45-25-27-46(28-26-45)48-31-35-52(36-32-48)72(54-38-40-70-64(44-54)62-22-10-12-24-68(62)74-70)66-42-50-14-2-4-16-56(50)58-18-6-8-20-60(58)66/h1-9,11-21,23-44H,10,22H2. The van der Waals surface area contributed by atoms with E-state index in [2.05, 4.69) is 252 Å². The fourth-order valence-electron chi connectivity index (χ4n) is 11.7. The first kappa shape index (κ1) is 42.1. The van der Waals surface area contributed by atoms with E-state index in [0.717, 1.165) is 103 Å². The summed E-state index contributed by atoms with van der Waals surface area (Å²) in [5, 5.41) is 13.2. The highest BCUT2D eigenvalue weighted by Gasteiger charge is 2.23. The lowest BCUT2D eigenvalue weighted by molar-refractivity contribution is 0.595. The zero-order chi connectivity index (χ0) is 48.7. The summed E-state index contributed by atoms with van der Waals surface area (Å²) in [6.07, 6.45) is 6.33. The second kappa shape index (κ2) is 17.0. The van der Waals surface area contributed by atoms with Gasteiger partial charge in [-0.3, -0.25) is 0 Å². The third kappa shape index (κ3) is 6.91. The molecule has 0 spiro atoms. The number of rotatable bonds is 8. The van der Waals surface area contributed by atoms with Gasteiger partial charge in [0.05, 0.1) is 11.4 Å². The van der Waals surface area contributed by atoms with Gasteiger partial charge in [-0.05, 0) is 152 Å². The van der Waals surface area contributed by atoms with Gasteiger partial charge in [-0.15, -0.1) is 0 Å². The molecule has 0 fully saturated rings. The molecule has 0 saturated heterocycles. The number of benzene rings is 12. The maximum atomic E-state index is 6.35. The molecule has 0 saturated carbocycles. The second-order valence-corrected chi connectivity index (χ2v) is 19.5. The first-order chi connectivity index (χ1) is 36.7. The Labute approximate surface area is 427 Å². The topological polar surface area (TPSA) is 32.8 Å². The lowest BCUT2D eigenvalue weighted by Crippen LogP contribution is -2.10. The van der Waals surface area contributed by atoms with Crippen LogP contribution < -0.4 is 9.80 Å². The summed E-state index contributed by atoms with van der Waals surface area (Å²) in [6, 6.07) is 88.2. The van der Waals surface area contributed by atoms with Gasteiger partial charge in [0.2, 0.25) is 0 Å². The van der Waals surface area contributed by atoms with Gasteiger partial charge in [0.25, 0.3) is 0 Å². The van der Waals surface area contributed by atoms with Gasteiger partial charge in [-0.25, -0.2) is 0 Å². The largest absolute Gasteiger partial charge is 0.456 e. The first-order valence-electron chi connectivity index (χ1n) is 25.5. The van der Waals surface area contributed by atoms with Crippen LogP contribution in [0.15, 0.2) is 258 Å². The summed E-state index contributed by atoms with van der Waals surface area (Å²) in [7, 11) is 0. The SMILES string of the molecule is C1=Cc2oc3ccc(N(c4ccc(-c5ccc(-c6ccc(N(c7ccc8oc9ccccc9c8c7)c7cc8ccccc8c8ccccc78)cc6)cc5)cc4)c4cc5ccccc5c5ccccc45)cc3c2CC1. The summed E-state index contributed by atoms with van der Waals surface area (Å²) in [5.74, 6) is 0.977. The van der Waals surface area contributed by atoms with Gasteiger partial charge >= 0.3 is 0 Å². The number of allylic oxidation sites excluding steroid dienone is 1. The number of fused-ring (bicyclic) bond motifs is 12. The quantitative estimate of drug-likeness (QED) is 0.142. The van der Waals surface area contributed by atoms with Crippen LogP contribution in [-0.2, 0) is 6.42 Å². The van der Waals surface area contributed by atoms with Gasteiger partial charge < -0.3 is 18.6 Å². The lowest BCUT2D eigenvalue weighted by atomic mass is 9.97. The average Bonchev–Trinajstić information content (AvgIpc) is 4.05. The molecule has 4 heteroatoms. The average molecular weight is 947 g/mol. The number of furan rings is 2. The van der Waals surface area contributed by atoms with Crippen LogP contribution in [0.3, 0.4) is 0 Å². The van der Waals surface area contributed by atoms with Crippen molar-refractivity contribution in [2.45, 2.75) is 12.8 Å². The Bertz CT molecular complexity index is 4540. The molecule has 74 heavy (non-hydrogen) atoms. The number of nitrogens with zero attached hydrogens (tertiary/aromatic N) is 2. The fourth-order valence-corrected chi connectivity index (χ4v) is 11.7. The van der Waals surface area contributed by atoms with Crippen molar-refractivity contribution in [2.24, 2.45) is 0 Å². The van der Waals surface area contributed by atoms with Crippen molar-refractivity contribution >= 4 is 116 Å². The van der Waals surface area contributed by atoms with Gasteiger partial charge in [0, 0.05) is 55.2 Å². The minimum atomic E-state index is 0.879. The Morgan fingerprint density at radius 3 is 1.24 bits per heavy atom. The normalized spacial score (nSPS) is 12.4. The van der Waals surface area contributed by atoms with Gasteiger partial charge in [-0.1, -0.05) is 170 Å². The Morgan fingerprint density at radius 2 is 0.703 bits per heavy atom. The van der Waals surface area contributed by atoms with E-state index in [1.165, 1.54) is 54.0 Å². The number of para-hydroxylation sites is 1. The van der Waals surface area contributed by atoms with Gasteiger partial charge in [-0.2, -0.15) is 0 Å². The Balaban J connectivity index is 0.785. The number of aryl methyl sites for hydroxylation is 1. The molecule has 0 bridgehead atoms. The van der Waals surface area contributed by atoms with Crippen LogP contribution in [0.4, 0.5) is 34.1 Å². The van der Waals surface area contributed by atoms with Crippen molar-refractivity contribution in [1.82, 2.24) is 0 Å². The molecule has 1 aliphatic rings. The zero-order valence-electron chi connectivity index (χ0n) is 40.4. The molecule has 0 atom stereocenters. The van der Waals surface area contributed by atoms with Crippen LogP contribution >= 0.6 is 0 Å². The van der Waals surface area contributed by atoms with E-state index in [1.54, 1.807) is 0 Å². The van der Waals surface area contributed by atoms with E-state index in [1.807, 2.05) is 12.1 Å². The van der Waals surface area contributed by atoms with Crippen LogP contribution in [0.2, 0.25) is 0 Å². The minimum Gasteiger partial charge on any atom is -0.456 e. The molecular formula is C70H46N2O2. The van der Waals surface area contributed by atoms with E-state index in [4.69, 9.17) is 8.83 Å². The maximum Gasteiger partial charge on any atom is 0.135 e. The van der Waals surface area contributed by atoms with E-state index in [-0.39, 0.29) is 0 Å². The van der Waals surface area contributed by atoms with Crippen molar-refractivity contribution in [3.05, 3.63) is 260 Å². The molecule has 4 nitrogen and oxygen atoms in total. The number of hydrogen-bond acceptors (Lipinski definition) is 4. The molecule has 0 N–H and O–H groups in total. The highest BCUT2D eigenvalue weighted by molar-refractivity contribution is 6.16. The summed E-state index contributed by atoms with van der Waals surface area (Å²) in [4.78, 5) is 4.82. The van der Waals surface area contributed by atoms with E-state index in [0.29, 0.717) is 0 Å². The van der Waals surface area contributed by atoms with Crippen molar-refractivity contribution in [2.75, 3.05) is 9.80 Å². The monoisotopic (exact) mass is 946 g/mol. The van der Waals surface area contributed by atoms with Gasteiger partial charge in [0.1, 0.15) is 22.5 Å². The molecule has 2 aromatic heterocycles. The summed E-state index contributed by atoms with van der Waals surface area (Å²) in [5.41, 5.74) is 15.2. The molecule has 0 aliphatic heterocycles. The highest BCUT2D eigenvalue weighted by atomic mass is 16.3. The molecule has 348 valence electrons. The van der Waals surface area contributed by atoms with Crippen molar-refractivity contribution in [1.29, 1.82) is 0 Å². The number of anilines is 6. The molecule has 12 aromatic carbocycles. The highest BCUT2D eigenvalue weighted by Crippen LogP contribution is 2.47. The minimum absolute atomic E-state index is 0.879. The lowest BCUT2D eigenvalue weighted by Gasteiger charge is -2.28. The van der Waals surface area contributed by atoms with Crippen molar-refractivity contribution in [3.8, 4) is 22.3 Å². The number of hydrogen-bond donors (Lipinski definition) is 0. The molecule has 0 radical (unpaired) electrons. The molecule has 2 heterocycles. The predicted molar refractivity (Wildman–Crippen MR) is 311 cm³/mol. The van der Waals surface area contributed by atoms with E-state index < -0.39 is 0 Å². The smallest absolute Gasteiger partial charge is 0.135 e. The zero-order valence-corrected chi connectivity index (χ0v) is 40.4. The predicted octanol–water partition coefficient (Wildman–Crippen LogP) is 20.2. The Kier molecular flexibility index (Phi) is 9.67. The molecule has 0 amide bonds. The van der Waals surface area contributed by atoms with Crippen LogP contribution in [-0.4, -0.2) is 0 Å². The third-order valence-electron chi connectivity index (χ3n) is 15.3. The van der Waals surface area contributed by atoms with Crippen LogP contribution in [0.1, 0.15) is 17.7 Å². The first-order valence-corrected chi connectivity index (χ1v) is 25.5. The fraction of sp³-hybridized carbons (Fsp3) is 0.0286. The molecule has 1 aliphatic carbocycles. The molecule has 0 unspecified atom stereocenters. The van der Waals surface area contributed by atoms with Crippen molar-refractivity contribution < 1.29 is 8.83 Å². The Hall–Kier alpha value is -9.64. The van der Waals surface area contributed by atoms with Crippen LogP contribution in [0.25, 0.3) is 104 Å².